The predicted molar refractivity (Wildman–Crippen MR) is 89.0 cm³/mol. The van der Waals surface area contributed by atoms with E-state index in [4.69, 9.17) is 0 Å². The lowest BCUT2D eigenvalue weighted by molar-refractivity contribution is -0.145. The number of aliphatic carboxylic acids is 1. The minimum absolute atomic E-state index is 0.671. The molecule has 1 N–H and O–H groups in total. The Kier molecular flexibility index (Phi) is 4.02. The SMILES string of the molecule is Cc1ccc(C2(C(=O)O)CCCCC2)cc1-c1ccccc1. The van der Waals surface area contributed by atoms with Gasteiger partial charge in [0.05, 0.1) is 5.41 Å². The Morgan fingerprint density at radius 1 is 1.00 bits per heavy atom. The third-order valence-corrected chi connectivity index (χ3v) is 4.99. The van der Waals surface area contributed by atoms with Crippen LogP contribution in [0.2, 0.25) is 0 Å². The molecule has 0 aliphatic heterocycles. The second-order valence-electron chi connectivity index (χ2n) is 6.34. The second-order valence-corrected chi connectivity index (χ2v) is 6.34. The first kappa shape index (κ1) is 14.8. The Hall–Kier alpha value is -2.09. The first-order valence-electron chi connectivity index (χ1n) is 8.03. The maximum atomic E-state index is 12.0. The number of hydrogen-bond donors (Lipinski definition) is 1. The summed E-state index contributed by atoms with van der Waals surface area (Å²) < 4.78 is 0. The lowest BCUT2D eigenvalue weighted by atomic mass is 9.69. The number of carboxylic acid groups (broad SMARTS) is 1. The Labute approximate surface area is 131 Å². The van der Waals surface area contributed by atoms with Gasteiger partial charge in [0.15, 0.2) is 0 Å². The van der Waals surface area contributed by atoms with E-state index in [1.54, 1.807) is 0 Å². The highest BCUT2D eigenvalue weighted by atomic mass is 16.4. The molecule has 3 rings (SSSR count). The summed E-state index contributed by atoms with van der Waals surface area (Å²) in [6, 6.07) is 16.4. The van der Waals surface area contributed by atoms with Gasteiger partial charge in [0, 0.05) is 0 Å². The van der Waals surface area contributed by atoms with E-state index in [9.17, 15) is 9.90 Å². The summed E-state index contributed by atoms with van der Waals surface area (Å²) in [4.78, 5) is 12.0. The van der Waals surface area contributed by atoms with E-state index in [2.05, 4.69) is 31.2 Å². The van der Waals surface area contributed by atoms with Crippen molar-refractivity contribution in [2.24, 2.45) is 0 Å². The fraction of sp³-hybridized carbons (Fsp3) is 0.350. The molecule has 2 heteroatoms. The summed E-state index contributed by atoms with van der Waals surface area (Å²) in [6.45, 7) is 2.08. The first-order chi connectivity index (χ1) is 10.6. The lowest BCUT2D eigenvalue weighted by Crippen LogP contribution is -2.37. The fourth-order valence-electron chi connectivity index (χ4n) is 3.63. The smallest absolute Gasteiger partial charge is 0.314 e. The van der Waals surface area contributed by atoms with Crippen LogP contribution in [-0.4, -0.2) is 11.1 Å². The Bertz CT molecular complexity index is 667. The molecule has 0 heterocycles. The number of benzene rings is 2. The highest BCUT2D eigenvalue weighted by Crippen LogP contribution is 2.41. The molecule has 0 atom stereocenters. The van der Waals surface area contributed by atoms with Crippen LogP contribution in [0.1, 0.15) is 43.2 Å². The zero-order valence-electron chi connectivity index (χ0n) is 13.0. The van der Waals surface area contributed by atoms with Gasteiger partial charge in [-0.3, -0.25) is 4.79 Å². The quantitative estimate of drug-likeness (QED) is 0.869. The molecule has 0 unspecified atom stereocenters. The monoisotopic (exact) mass is 294 g/mol. The van der Waals surface area contributed by atoms with E-state index in [-0.39, 0.29) is 0 Å². The van der Waals surface area contributed by atoms with Gasteiger partial charge in [-0.2, -0.15) is 0 Å². The topological polar surface area (TPSA) is 37.3 Å². The number of hydrogen-bond acceptors (Lipinski definition) is 1. The molecule has 0 saturated heterocycles. The summed E-state index contributed by atoms with van der Waals surface area (Å²) in [6.07, 6.45) is 4.65. The van der Waals surface area contributed by atoms with Crippen LogP contribution in [0, 0.1) is 6.92 Å². The molecular weight excluding hydrogens is 272 g/mol. The van der Waals surface area contributed by atoms with Crippen LogP contribution in [0.4, 0.5) is 0 Å². The van der Waals surface area contributed by atoms with Crippen molar-refractivity contribution >= 4 is 5.97 Å². The molecule has 1 fully saturated rings. The highest BCUT2D eigenvalue weighted by molar-refractivity contribution is 5.82. The van der Waals surface area contributed by atoms with Crippen molar-refractivity contribution < 1.29 is 9.90 Å². The Balaban J connectivity index is 2.10. The molecule has 22 heavy (non-hydrogen) atoms. The summed E-state index contributed by atoms with van der Waals surface area (Å²) in [7, 11) is 0. The molecule has 0 amide bonds. The maximum absolute atomic E-state index is 12.0. The molecule has 0 spiro atoms. The van der Waals surface area contributed by atoms with Gasteiger partial charge in [-0.15, -0.1) is 0 Å². The number of aryl methyl sites for hydroxylation is 1. The third kappa shape index (κ3) is 2.54. The summed E-state index contributed by atoms with van der Waals surface area (Å²) in [5, 5.41) is 9.87. The standard InChI is InChI=1S/C20H22O2/c1-15-10-11-17(14-18(15)16-8-4-2-5-9-16)20(19(21)22)12-6-3-7-13-20/h2,4-5,8-11,14H,3,6-7,12-13H2,1H3,(H,21,22). The van der Waals surface area contributed by atoms with Gasteiger partial charge in [-0.25, -0.2) is 0 Å². The lowest BCUT2D eigenvalue weighted by Gasteiger charge is -2.34. The minimum Gasteiger partial charge on any atom is -0.481 e. The minimum atomic E-state index is -0.699. The van der Waals surface area contributed by atoms with Gasteiger partial charge in [0.1, 0.15) is 0 Å². The summed E-state index contributed by atoms with van der Waals surface area (Å²) in [5.74, 6) is -0.671. The van der Waals surface area contributed by atoms with Gasteiger partial charge in [0.25, 0.3) is 0 Å². The van der Waals surface area contributed by atoms with Crippen LogP contribution in [0.5, 0.6) is 0 Å². The number of rotatable bonds is 3. The predicted octanol–water partition coefficient (Wildman–Crippen LogP) is 4.95. The molecule has 0 bridgehead atoms. The maximum Gasteiger partial charge on any atom is 0.314 e. The Morgan fingerprint density at radius 3 is 2.32 bits per heavy atom. The van der Waals surface area contributed by atoms with Crippen LogP contribution in [0.25, 0.3) is 11.1 Å². The second kappa shape index (κ2) is 5.96. The first-order valence-corrected chi connectivity index (χ1v) is 8.03. The highest BCUT2D eigenvalue weighted by Gasteiger charge is 2.41. The van der Waals surface area contributed by atoms with E-state index in [1.165, 1.54) is 5.56 Å². The number of carboxylic acids is 1. The largest absolute Gasteiger partial charge is 0.481 e. The summed E-state index contributed by atoms with van der Waals surface area (Å²) in [5.41, 5.74) is 3.74. The molecule has 1 saturated carbocycles. The van der Waals surface area contributed by atoms with Crippen molar-refractivity contribution in [3.8, 4) is 11.1 Å². The van der Waals surface area contributed by atoms with Crippen molar-refractivity contribution in [1.29, 1.82) is 0 Å². The molecule has 0 aromatic heterocycles. The van der Waals surface area contributed by atoms with Crippen molar-refractivity contribution in [1.82, 2.24) is 0 Å². The molecule has 1 aliphatic carbocycles. The van der Waals surface area contributed by atoms with E-state index in [0.717, 1.165) is 48.8 Å². The van der Waals surface area contributed by atoms with Crippen molar-refractivity contribution in [2.45, 2.75) is 44.4 Å². The molecule has 2 nitrogen and oxygen atoms in total. The van der Waals surface area contributed by atoms with Crippen LogP contribution < -0.4 is 0 Å². The van der Waals surface area contributed by atoms with Crippen LogP contribution >= 0.6 is 0 Å². The molecule has 2 aromatic carbocycles. The third-order valence-electron chi connectivity index (χ3n) is 4.99. The zero-order valence-corrected chi connectivity index (χ0v) is 13.0. The molecule has 114 valence electrons. The Morgan fingerprint density at radius 2 is 1.68 bits per heavy atom. The van der Waals surface area contributed by atoms with E-state index in [0.29, 0.717) is 0 Å². The van der Waals surface area contributed by atoms with Gasteiger partial charge >= 0.3 is 5.97 Å². The van der Waals surface area contributed by atoms with Crippen LogP contribution in [-0.2, 0) is 10.2 Å². The van der Waals surface area contributed by atoms with Crippen molar-refractivity contribution in [3.05, 3.63) is 59.7 Å². The molecule has 2 aromatic rings. The molecular formula is C20H22O2. The fourth-order valence-corrected chi connectivity index (χ4v) is 3.63. The van der Waals surface area contributed by atoms with Crippen LogP contribution in [0.15, 0.2) is 48.5 Å². The van der Waals surface area contributed by atoms with Gasteiger partial charge < -0.3 is 5.11 Å². The van der Waals surface area contributed by atoms with Crippen molar-refractivity contribution in [3.63, 3.8) is 0 Å². The van der Waals surface area contributed by atoms with Gasteiger partial charge in [-0.05, 0) is 48.1 Å². The molecule has 1 aliphatic rings. The average Bonchev–Trinajstić information content (AvgIpc) is 2.56. The van der Waals surface area contributed by atoms with E-state index < -0.39 is 11.4 Å². The van der Waals surface area contributed by atoms with E-state index >= 15 is 0 Å². The van der Waals surface area contributed by atoms with Gasteiger partial charge in [-0.1, -0.05) is 61.7 Å². The van der Waals surface area contributed by atoms with Crippen LogP contribution in [0.3, 0.4) is 0 Å². The average molecular weight is 294 g/mol. The molecule has 0 radical (unpaired) electrons. The van der Waals surface area contributed by atoms with Crippen molar-refractivity contribution in [2.75, 3.05) is 0 Å². The zero-order chi connectivity index (χ0) is 15.6. The summed E-state index contributed by atoms with van der Waals surface area (Å²) >= 11 is 0. The normalized spacial score (nSPS) is 17.1. The van der Waals surface area contributed by atoms with E-state index in [1.807, 2.05) is 24.3 Å². The number of carbonyl (C=O) groups is 1. The van der Waals surface area contributed by atoms with Gasteiger partial charge in [0.2, 0.25) is 0 Å².